The minimum Gasteiger partial charge on any atom is -0.338 e. The second kappa shape index (κ2) is 5.59. The molecular weight excluding hydrogens is 248 g/mol. The lowest BCUT2D eigenvalue weighted by Gasteiger charge is -2.30. The van der Waals surface area contributed by atoms with E-state index in [0.29, 0.717) is 11.7 Å². The van der Waals surface area contributed by atoms with Gasteiger partial charge in [0.05, 0.1) is 12.1 Å². The van der Waals surface area contributed by atoms with Gasteiger partial charge in [-0.25, -0.2) is 0 Å². The standard InChI is InChI=1S/C12H22N4OS/c1-4-9-7-16(5-6-18-9)8-10-14-11(15-17-10)12(2,3)13/h9H,4-8,13H2,1-3H3. The molecule has 1 aromatic heterocycles. The maximum absolute atomic E-state index is 5.94. The molecule has 0 radical (unpaired) electrons. The molecule has 1 aliphatic heterocycles. The zero-order chi connectivity index (χ0) is 13.2. The summed E-state index contributed by atoms with van der Waals surface area (Å²) >= 11 is 2.06. The van der Waals surface area contributed by atoms with Crippen molar-refractivity contribution in [2.24, 2.45) is 5.73 Å². The molecule has 1 fully saturated rings. The zero-order valence-electron chi connectivity index (χ0n) is 11.3. The van der Waals surface area contributed by atoms with E-state index >= 15 is 0 Å². The van der Waals surface area contributed by atoms with Crippen molar-refractivity contribution in [3.05, 3.63) is 11.7 Å². The Kier molecular flexibility index (Phi) is 4.29. The average molecular weight is 270 g/mol. The molecule has 0 saturated carbocycles. The van der Waals surface area contributed by atoms with Gasteiger partial charge in [-0.05, 0) is 20.3 Å². The van der Waals surface area contributed by atoms with E-state index in [0.717, 1.165) is 24.9 Å². The Morgan fingerprint density at radius 1 is 1.56 bits per heavy atom. The van der Waals surface area contributed by atoms with Crippen LogP contribution in [-0.4, -0.2) is 39.1 Å². The van der Waals surface area contributed by atoms with E-state index in [4.69, 9.17) is 10.3 Å². The summed E-state index contributed by atoms with van der Waals surface area (Å²) in [5.41, 5.74) is 5.41. The third-order valence-corrected chi connectivity index (χ3v) is 4.45. The Balaban J connectivity index is 1.95. The van der Waals surface area contributed by atoms with Crippen molar-refractivity contribution in [1.29, 1.82) is 0 Å². The minimum atomic E-state index is -0.536. The van der Waals surface area contributed by atoms with Crippen molar-refractivity contribution in [2.75, 3.05) is 18.8 Å². The topological polar surface area (TPSA) is 68.2 Å². The van der Waals surface area contributed by atoms with Crippen LogP contribution < -0.4 is 5.73 Å². The zero-order valence-corrected chi connectivity index (χ0v) is 12.2. The Hall–Kier alpha value is -0.590. The molecule has 1 aliphatic rings. The maximum atomic E-state index is 5.94. The van der Waals surface area contributed by atoms with E-state index in [1.165, 1.54) is 12.2 Å². The molecule has 1 unspecified atom stereocenters. The van der Waals surface area contributed by atoms with Gasteiger partial charge in [0, 0.05) is 24.1 Å². The molecule has 0 aromatic carbocycles. The molecule has 0 amide bonds. The van der Waals surface area contributed by atoms with Crippen LogP contribution in [0.25, 0.3) is 0 Å². The van der Waals surface area contributed by atoms with Gasteiger partial charge in [-0.2, -0.15) is 16.7 Å². The molecule has 1 saturated heterocycles. The second-order valence-corrected chi connectivity index (χ2v) is 6.78. The second-order valence-electron chi connectivity index (χ2n) is 5.37. The lowest BCUT2D eigenvalue weighted by atomic mass is 10.1. The Morgan fingerprint density at radius 3 is 2.94 bits per heavy atom. The van der Waals surface area contributed by atoms with Crippen molar-refractivity contribution in [2.45, 2.75) is 44.5 Å². The van der Waals surface area contributed by atoms with Crippen LogP contribution >= 0.6 is 11.8 Å². The van der Waals surface area contributed by atoms with Gasteiger partial charge in [0.25, 0.3) is 0 Å². The van der Waals surface area contributed by atoms with Gasteiger partial charge in [0.1, 0.15) is 0 Å². The first kappa shape index (κ1) is 13.8. The first-order chi connectivity index (χ1) is 8.49. The number of nitrogens with two attached hydrogens (primary N) is 1. The van der Waals surface area contributed by atoms with E-state index in [1.54, 1.807) is 0 Å². The summed E-state index contributed by atoms with van der Waals surface area (Å²) in [6.07, 6.45) is 1.21. The lowest BCUT2D eigenvalue weighted by Crippen LogP contribution is -2.37. The van der Waals surface area contributed by atoms with Crippen molar-refractivity contribution >= 4 is 11.8 Å². The monoisotopic (exact) mass is 270 g/mol. The smallest absolute Gasteiger partial charge is 0.240 e. The number of nitrogens with zero attached hydrogens (tertiary/aromatic N) is 3. The molecule has 1 aromatic rings. The van der Waals surface area contributed by atoms with Gasteiger partial charge in [-0.15, -0.1) is 0 Å². The molecule has 2 rings (SSSR count). The summed E-state index contributed by atoms with van der Waals surface area (Å²) in [4.78, 5) is 6.76. The quantitative estimate of drug-likeness (QED) is 0.896. The number of hydrogen-bond donors (Lipinski definition) is 1. The molecule has 0 bridgehead atoms. The van der Waals surface area contributed by atoms with E-state index in [1.807, 2.05) is 13.8 Å². The molecule has 102 valence electrons. The third-order valence-electron chi connectivity index (χ3n) is 3.08. The number of hydrogen-bond acceptors (Lipinski definition) is 6. The average Bonchev–Trinajstić information content (AvgIpc) is 2.77. The number of thioether (sulfide) groups is 1. The highest BCUT2D eigenvalue weighted by Gasteiger charge is 2.24. The number of aromatic nitrogens is 2. The summed E-state index contributed by atoms with van der Waals surface area (Å²) in [6.45, 7) is 8.93. The summed E-state index contributed by atoms with van der Waals surface area (Å²) in [7, 11) is 0. The van der Waals surface area contributed by atoms with Crippen LogP contribution in [0, 0.1) is 0 Å². The van der Waals surface area contributed by atoms with Crippen LogP contribution in [0.1, 0.15) is 38.9 Å². The minimum absolute atomic E-state index is 0.536. The predicted molar refractivity (Wildman–Crippen MR) is 73.3 cm³/mol. The maximum Gasteiger partial charge on any atom is 0.240 e. The molecule has 0 spiro atoms. The first-order valence-corrected chi connectivity index (χ1v) is 7.50. The third kappa shape index (κ3) is 3.46. The molecule has 5 nitrogen and oxygen atoms in total. The fourth-order valence-corrected chi connectivity index (χ4v) is 3.19. The van der Waals surface area contributed by atoms with Gasteiger partial charge in [-0.3, -0.25) is 4.90 Å². The highest BCUT2D eigenvalue weighted by molar-refractivity contribution is 8.00. The molecular formula is C12H22N4OS. The highest BCUT2D eigenvalue weighted by Crippen LogP contribution is 2.22. The fourth-order valence-electron chi connectivity index (χ4n) is 1.94. The molecule has 2 N–H and O–H groups in total. The van der Waals surface area contributed by atoms with Crippen LogP contribution in [0.5, 0.6) is 0 Å². The predicted octanol–water partition coefficient (Wildman–Crippen LogP) is 1.59. The van der Waals surface area contributed by atoms with E-state index in [-0.39, 0.29) is 0 Å². The van der Waals surface area contributed by atoms with Crippen LogP contribution in [0.4, 0.5) is 0 Å². The normalized spacial score (nSPS) is 22.3. The van der Waals surface area contributed by atoms with Crippen LogP contribution in [0.3, 0.4) is 0 Å². The summed E-state index contributed by atoms with van der Waals surface area (Å²) < 4.78 is 5.27. The van der Waals surface area contributed by atoms with Gasteiger partial charge in [0.2, 0.25) is 5.89 Å². The Morgan fingerprint density at radius 2 is 2.33 bits per heavy atom. The van der Waals surface area contributed by atoms with E-state index in [9.17, 15) is 0 Å². The largest absolute Gasteiger partial charge is 0.338 e. The molecule has 6 heteroatoms. The van der Waals surface area contributed by atoms with E-state index in [2.05, 4.69) is 33.7 Å². The summed E-state index contributed by atoms with van der Waals surface area (Å²) in [5.74, 6) is 2.43. The van der Waals surface area contributed by atoms with Crippen LogP contribution in [0.15, 0.2) is 4.52 Å². The summed E-state index contributed by atoms with van der Waals surface area (Å²) in [6, 6.07) is 0. The van der Waals surface area contributed by atoms with E-state index < -0.39 is 5.54 Å². The SMILES string of the molecule is CCC1CN(Cc2nc(C(C)(C)N)no2)CCS1. The molecule has 18 heavy (non-hydrogen) atoms. The van der Waals surface area contributed by atoms with Gasteiger partial charge in [0.15, 0.2) is 5.82 Å². The van der Waals surface area contributed by atoms with Crippen LogP contribution in [0.2, 0.25) is 0 Å². The highest BCUT2D eigenvalue weighted by atomic mass is 32.2. The van der Waals surface area contributed by atoms with Crippen LogP contribution in [-0.2, 0) is 12.1 Å². The van der Waals surface area contributed by atoms with Gasteiger partial charge < -0.3 is 10.3 Å². The first-order valence-electron chi connectivity index (χ1n) is 6.45. The van der Waals surface area contributed by atoms with Crippen molar-refractivity contribution < 1.29 is 4.52 Å². The Labute approximate surface area is 112 Å². The van der Waals surface area contributed by atoms with Crippen molar-refractivity contribution in [1.82, 2.24) is 15.0 Å². The molecule has 2 heterocycles. The van der Waals surface area contributed by atoms with Crippen molar-refractivity contribution in [3.8, 4) is 0 Å². The van der Waals surface area contributed by atoms with Gasteiger partial charge >= 0.3 is 0 Å². The van der Waals surface area contributed by atoms with Crippen molar-refractivity contribution in [3.63, 3.8) is 0 Å². The molecule has 1 atom stereocenters. The summed E-state index contributed by atoms with van der Waals surface area (Å²) in [5, 5.41) is 4.68. The lowest BCUT2D eigenvalue weighted by molar-refractivity contribution is 0.231. The Bertz CT molecular complexity index is 388. The van der Waals surface area contributed by atoms with Gasteiger partial charge in [-0.1, -0.05) is 12.1 Å². The number of rotatable bonds is 4. The molecule has 0 aliphatic carbocycles. The fraction of sp³-hybridized carbons (Fsp3) is 0.833.